The van der Waals surface area contributed by atoms with Crippen LogP contribution in [0.1, 0.15) is 30.4 Å². The van der Waals surface area contributed by atoms with Crippen molar-refractivity contribution in [3.63, 3.8) is 0 Å². The van der Waals surface area contributed by atoms with Gasteiger partial charge in [0, 0.05) is 45.3 Å². The van der Waals surface area contributed by atoms with Crippen LogP contribution in [-0.4, -0.2) is 55.2 Å². The van der Waals surface area contributed by atoms with Crippen molar-refractivity contribution in [3.05, 3.63) is 23.3 Å². The lowest BCUT2D eigenvalue weighted by atomic mass is 9.98. The zero-order valence-electron chi connectivity index (χ0n) is 15.7. The van der Waals surface area contributed by atoms with Crippen LogP contribution in [0.5, 0.6) is 0 Å². The number of amides is 1. The van der Waals surface area contributed by atoms with Crippen molar-refractivity contribution in [2.45, 2.75) is 33.1 Å². The lowest BCUT2D eigenvalue weighted by Crippen LogP contribution is -2.40. The Morgan fingerprint density at radius 1 is 1.12 bits per heavy atom. The summed E-state index contributed by atoms with van der Waals surface area (Å²) in [6, 6.07) is 4.33. The Hall–Kier alpha value is -1.66. The summed E-state index contributed by atoms with van der Waals surface area (Å²) in [7, 11) is 0. The Morgan fingerprint density at radius 3 is 2.65 bits per heavy atom. The van der Waals surface area contributed by atoms with Crippen LogP contribution >= 0.6 is 11.3 Å². The molecule has 1 aromatic heterocycles. The second kappa shape index (κ2) is 7.53. The molecule has 0 atom stereocenters. The smallest absolute Gasteiger partial charge is 0.225 e. The van der Waals surface area contributed by atoms with Gasteiger partial charge in [-0.15, -0.1) is 0 Å². The third-order valence-corrected chi connectivity index (χ3v) is 6.83. The SMILES string of the molecule is Cc1ccc(C)c2sc(N3CCCN(C(=O)C4CCOCC4)CC3)nc12. The number of rotatable bonds is 2. The minimum atomic E-state index is 0.156. The Morgan fingerprint density at radius 2 is 1.88 bits per heavy atom. The van der Waals surface area contributed by atoms with Crippen LogP contribution in [0, 0.1) is 19.8 Å². The summed E-state index contributed by atoms with van der Waals surface area (Å²) in [5.41, 5.74) is 3.66. The second-order valence-electron chi connectivity index (χ2n) is 7.43. The van der Waals surface area contributed by atoms with Gasteiger partial charge in [-0.25, -0.2) is 4.98 Å². The molecule has 2 fully saturated rings. The zero-order chi connectivity index (χ0) is 18.1. The Balaban J connectivity index is 1.47. The first-order chi connectivity index (χ1) is 12.6. The van der Waals surface area contributed by atoms with E-state index in [9.17, 15) is 4.79 Å². The molecule has 0 spiro atoms. The number of fused-ring (bicyclic) bond motifs is 1. The topological polar surface area (TPSA) is 45.7 Å². The average molecular weight is 374 g/mol. The van der Waals surface area contributed by atoms with Gasteiger partial charge in [0.1, 0.15) is 0 Å². The van der Waals surface area contributed by atoms with Crippen LogP contribution in [0.3, 0.4) is 0 Å². The average Bonchev–Trinajstić information content (AvgIpc) is 2.98. The summed E-state index contributed by atoms with van der Waals surface area (Å²) in [6.45, 7) is 9.21. The molecule has 26 heavy (non-hydrogen) atoms. The van der Waals surface area contributed by atoms with Gasteiger partial charge in [0.25, 0.3) is 0 Å². The van der Waals surface area contributed by atoms with Crippen LogP contribution in [0.4, 0.5) is 5.13 Å². The molecule has 3 heterocycles. The predicted molar refractivity (Wildman–Crippen MR) is 106 cm³/mol. The zero-order valence-corrected chi connectivity index (χ0v) is 16.5. The number of ether oxygens (including phenoxy) is 1. The van der Waals surface area contributed by atoms with Crippen molar-refractivity contribution in [2.24, 2.45) is 5.92 Å². The maximum Gasteiger partial charge on any atom is 0.225 e. The fraction of sp³-hybridized carbons (Fsp3) is 0.600. The third kappa shape index (κ3) is 3.45. The summed E-state index contributed by atoms with van der Waals surface area (Å²) < 4.78 is 6.69. The van der Waals surface area contributed by atoms with Crippen molar-refractivity contribution in [1.82, 2.24) is 9.88 Å². The number of thiazole rings is 1. The highest BCUT2D eigenvalue weighted by molar-refractivity contribution is 7.22. The molecule has 0 unspecified atom stereocenters. The van der Waals surface area contributed by atoms with E-state index in [0.29, 0.717) is 5.91 Å². The number of aryl methyl sites for hydroxylation is 2. The molecule has 1 amide bonds. The minimum Gasteiger partial charge on any atom is -0.381 e. The maximum atomic E-state index is 12.8. The lowest BCUT2D eigenvalue weighted by molar-refractivity contribution is -0.138. The van der Waals surface area contributed by atoms with Gasteiger partial charge in [0.2, 0.25) is 5.91 Å². The van der Waals surface area contributed by atoms with Crippen LogP contribution in [-0.2, 0) is 9.53 Å². The van der Waals surface area contributed by atoms with Gasteiger partial charge >= 0.3 is 0 Å². The monoisotopic (exact) mass is 373 g/mol. The van der Waals surface area contributed by atoms with E-state index in [1.54, 1.807) is 11.3 Å². The summed E-state index contributed by atoms with van der Waals surface area (Å²) in [6.07, 6.45) is 2.74. The van der Waals surface area contributed by atoms with Gasteiger partial charge in [-0.2, -0.15) is 0 Å². The van der Waals surface area contributed by atoms with Crippen molar-refractivity contribution in [2.75, 3.05) is 44.3 Å². The van der Waals surface area contributed by atoms with Gasteiger partial charge in [0.05, 0.1) is 10.2 Å². The number of anilines is 1. The number of aromatic nitrogens is 1. The molecular weight excluding hydrogens is 346 g/mol. The first kappa shape index (κ1) is 17.7. The van der Waals surface area contributed by atoms with E-state index in [-0.39, 0.29) is 5.92 Å². The van der Waals surface area contributed by atoms with E-state index < -0.39 is 0 Å². The van der Waals surface area contributed by atoms with Crippen LogP contribution in [0.15, 0.2) is 12.1 Å². The first-order valence-corrected chi connectivity index (χ1v) is 10.4. The molecule has 1 aromatic carbocycles. The summed E-state index contributed by atoms with van der Waals surface area (Å²) >= 11 is 1.79. The van der Waals surface area contributed by atoms with Gasteiger partial charge in [-0.3, -0.25) is 4.79 Å². The highest BCUT2D eigenvalue weighted by atomic mass is 32.1. The van der Waals surface area contributed by atoms with Crippen molar-refractivity contribution >= 4 is 32.6 Å². The van der Waals surface area contributed by atoms with Gasteiger partial charge in [0.15, 0.2) is 5.13 Å². The second-order valence-corrected chi connectivity index (χ2v) is 8.40. The van der Waals surface area contributed by atoms with Crippen LogP contribution in [0.2, 0.25) is 0 Å². The van der Waals surface area contributed by atoms with Crippen molar-refractivity contribution in [1.29, 1.82) is 0 Å². The molecule has 2 aliphatic heterocycles. The summed E-state index contributed by atoms with van der Waals surface area (Å²) in [5.74, 6) is 0.481. The molecule has 2 saturated heterocycles. The molecule has 140 valence electrons. The van der Waals surface area contributed by atoms with Crippen LogP contribution < -0.4 is 4.90 Å². The highest BCUT2D eigenvalue weighted by Gasteiger charge is 2.28. The molecule has 5 nitrogen and oxygen atoms in total. The van der Waals surface area contributed by atoms with E-state index in [4.69, 9.17) is 9.72 Å². The van der Waals surface area contributed by atoms with Gasteiger partial charge in [-0.05, 0) is 44.2 Å². The third-order valence-electron chi connectivity index (χ3n) is 5.58. The van der Waals surface area contributed by atoms with E-state index in [0.717, 1.165) is 69.3 Å². The molecule has 0 bridgehead atoms. The number of carbonyl (C=O) groups is 1. The molecule has 4 rings (SSSR count). The highest BCUT2D eigenvalue weighted by Crippen LogP contribution is 2.33. The summed E-state index contributed by atoms with van der Waals surface area (Å²) in [4.78, 5) is 22.2. The Bertz CT molecular complexity index is 759. The predicted octanol–water partition coefficient (Wildman–Crippen LogP) is 3.38. The molecule has 2 aromatic rings. The van der Waals surface area contributed by atoms with Crippen molar-refractivity contribution in [3.8, 4) is 0 Å². The van der Waals surface area contributed by atoms with E-state index in [1.807, 2.05) is 0 Å². The first-order valence-electron chi connectivity index (χ1n) is 9.61. The number of benzene rings is 1. The molecule has 0 radical (unpaired) electrons. The van der Waals surface area contributed by atoms with Crippen LogP contribution in [0.25, 0.3) is 10.2 Å². The number of hydrogen-bond donors (Lipinski definition) is 0. The molecule has 6 heteroatoms. The van der Waals surface area contributed by atoms with E-state index in [1.165, 1.54) is 15.8 Å². The molecule has 0 aliphatic carbocycles. The molecule has 0 N–H and O–H groups in total. The normalized spacial score (nSPS) is 19.8. The van der Waals surface area contributed by atoms with Gasteiger partial charge in [-0.1, -0.05) is 23.5 Å². The minimum absolute atomic E-state index is 0.156. The molecule has 0 saturated carbocycles. The van der Waals surface area contributed by atoms with E-state index >= 15 is 0 Å². The summed E-state index contributed by atoms with van der Waals surface area (Å²) in [5, 5.41) is 1.10. The Labute approximate surface area is 159 Å². The number of hydrogen-bond acceptors (Lipinski definition) is 5. The maximum absolute atomic E-state index is 12.8. The number of nitrogens with zero attached hydrogens (tertiary/aromatic N) is 3. The molecular formula is C20H27N3O2S. The van der Waals surface area contributed by atoms with Gasteiger partial charge < -0.3 is 14.5 Å². The molecule has 2 aliphatic rings. The quantitative estimate of drug-likeness (QED) is 0.810. The fourth-order valence-electron chi connectivity index (χ4n) is 3.92. The largest absolute Gasteiger partial charge is 0.381 e. The van der Waals surface area contributed by atoms with Crippen molar-refractivity contribution < 1.29 is 9.53 Å². The fourth-order valence-corrected chi connectivity index (χ4v) is 5.08. The lowest BCUT2D eigenvalue weighted by Gasteiger charge is -2.28. The number of carbonyl (C=O) groups excluding carboxylic acids is 1. The Kier molecular flexibility index (Phi) is 5.14. The van der Waals surface area contributed by atoms with E-state index in [2.05, 4.69) is 35.8 Å². The standard InChI is InChI=1S/C20H27N3O2S/c1-14-4-5-15(2)18-17(14)21-20(26-18)23-9-3-8-22(10-11-23)19(24)16-6-12-25-13-7-16/h4-5,16H,3,6-13H2,1-2H3.